The number of rotatable bonds is 25. The largest absolute Gasteiger partial charge is 0.460 e. The third kappa shape index (κ3) is 23.3. The molecule has 0 N–H and O–H groups in total. The SMILES string of the molecule is CCCCCC[N+](C)(C)CCOC(=O)CCCCCCCCC(=O)OCC[N+](C)(C)CCCCCC. The van der Waals surface area contributed by atoms with E-state index in [9.17, 15) is 9.59 Å². The molecule has 0 aromatic heterocycles. The molecule has 0 atom stereocenters. The smallest absolute Gasteiger partial charge is 0.305 e. The molecule has 0 bridgehead atoms. The number of unbranched alkanes of at least 4 members (excludes halogenated alkanes) is 11. The zero-order chi connectivity index (χ0) is 27.1. The molecule has 0 saturated carbocycles. The summed E-state index contributed by atoms with van der Waals surface area (Å²) in [6.45, 7) is 9.56. The average molecular weight is 515 g/mol. The first-order chi connectivity index (χ1) is 17.1. The van der Waals surface area contributed by atoms with Crippen LogP contribution in [0.1, 0.15) is 117 Å². The monoisotopic (exact) mass is 514 g/mol. The number of hydrogen-bond acceptors (Lipinski definition) is 4. The average Bonchev–Trinajstić information content (AvgIpc) is 2.81. The Hall–Kier alpha value is -1.14. The number of likely N-dealkylation sites (N-methyl/N-ethyl adjacent to an activating group) is 2. The Morgan fingerprint density at radius 3 is 1.17 bits per heavy atom. The molecule has 0 aliphatic rings. The highest BCUT2D eigenvalue weighted by Crippen LogP contribution is 2.11. The summed E-state index contributed by atoms with van der Waals surface area (Å²) in [6.07, 6.45) is 17.3. The number of nitrogens with zero attached hydrogens (tertiary/aromatic N) is 2. The molecule has 0 unspecified atom stereocenters. The van der Waals surface area contributed by atoms with Crippen LogP contribution in [0.2, 0.25) is 0 Å². The van der Waals surface area contributed by atoms with E-state index in [0.717, 1.165) is 73.7 Å². The Balaban J connectivity index is 3.59. The maximum atomic E-state index is 12.0. The fraction of sp³-hybridized carbons (Fsp3) is 0.933. The highest BCUT2D eigenvalue weighted by atomic mass is 16.5. The van der Waals surface area contributed by atoms with Crippen LogP contribution in [-0.4, -0.2) is 88.5 Å². The molecular formula is C30H62N2O4+2. The van der Waals surface area contributed by atoms with E-state index in [0.29, 0.717) is 26.1 Å². The zero-order valence-corrected chi connectivity index (χ0v) is 25.1. The van der Waals surface area contributed by atoms with Gasteiger partial charge in [-0.25, -0.2) is 0 Å². The van der Waals surface area contributed by atoms with Crippen molar-refractivity contribution in [3.8, 4) is 0 Å². The van der Waals surface area contributed by atoms with E-state index >= 15 is 0 Å². The number of quaternary nitrogens is 2. The van der Waals surface area contributed by atoms with Crippen molar-refractivity contribution < 1.29 is 28.0 Å². The highest BCUT2D eigenvalue weighted by molar-refractivity contribution is 5.69. The van der Waals surface area contributed by atoms with Crippen LogP contribution in [0.3, 0.4) is 0 Å². The van der Waals surface area contributed by atoms with Crippen molar-refractivity contribution >= 4 is 11.9 Å². The van der Waals surface area contributed by atoms with Crippen LogP contribution < -0.4 is 0 Å². The third-order valence-corrected chi connectivity index (χ3v) is 7.17. The van der Waals surface area contributed by atoms with Crippen molar-refractivity contribution in [2.75, 3.05) is 67.6 Å². The molecule has 6 nitrogen and oxygen atoms in total. The third-order valence-electron chi connectivity index (χ3n) is 7.17. The van der Waals surface area contributed by atoms with E-state index in [1.165, 1.54) is 51.4 Å². The van der Waals surface area contributed by atoms with Crippen molar-refractivity contribution in [3.63, 3.8) is 0 Å². The molecule has 0 saturated heterocycles. The number of carbonyl (C=O) groups is 2. The molecule has 0 aromatic carbocycles. The summed E-state index contributed by atoms with van der Waals surface area (Å²) in [4.78, 5) is 24.0. The quantitative estimate of drug-likeness (QED) is 0.0792. The van der Waals surface area contributed by atoms with Crippen LogP contribution >= 0.6 is 0 Å². The van der Waals surface area contributed by atoms with Gasteiger partial charge in [0.15, 0.2) is 0 Å². The van der Waals surface area contributed by atoms with Crippen molar-refractivity contribution in [2.24, 2.45) is 0 Å². The molecule has 214 valence electrons. The lowest BCUT2D eigenvalue weighted by atomic mass is 10.1. The van der Waals surface area contributed by atoms with Gasteiger partial charge in [0.25, 0.3) is 0 Å². The highest BCUT2D eigenvalue weighted by Gasteiger charge is 2.16. The van der Waals surface area contributed by atoms with Crippen LogP contribution in [0.4, 0.5) is 0 Å². The van der Waals surface area contributed by atoms with Gasteiger partial charge in [-0.05, 0) is 38.5 Å². The van der Waals surface area contributed by atoms with Crippen LogP contribution in [0.15, 0.2) is 0 Å². The van der Waals surface area contributed by atoms with E-state index in [2.05, 4.69) is 42.0 Å². The lowest BCUT2D eigenvalue weighted by Crippen LogP contribution is -2.43. The summed E-state index contributed by atoms with van der Waals surface area (Å²) in [5.74, 6) is -0.127. The van der Waals surface area contributed by atoms with Crippen LogP contribution in [0.25, 0.3) is 0 Å². The molecule has 6 heteroatoms. The van der Waals surface area contributed by atoms with Crippen LogP contribution in [0.5, 0.6) is 0 Å². The Bertz CT molecular complexity index is 501. The molecular weight excluding hydrogens is 452 g/mol. The molecule has 0 aromatic rings. The zero-order valence-electron chi connectivity index (χ0n) is 25.1. The summed E-state index contributed by atoms with van der Waals surface area (Å²) in [5.41, 5.74) is 0. The number of carbonyl (C=O) groups excluding carboxylic acids is 2. The van der Waals surface area contributed by atoms with Crippen molar-refractivity contribution in [1.29, 1.82) is 0 Å². The Morgan fingerprint density at radius 2 is 0.806 bits per heavy atom. The topological polar surface area (TPSA) is 52.6 Å². The Labute approximate surface area is 224 Å². The van der Waals surface area contributed by atoms with Gasteiger partial charge >= 0.3 is 11.9 Å². The Morgan fingerprint density at radius 1 is 0.472 bits per heavy atom. The van der Waals surface area contributed by atoms with Gasteiger partial charge < -0.3 is 18.4 Å². The summed E-state index contributed by atoms with van der Waals surface area (Å²) >= 11 is 0. The summed E-state index contributed by atoms with van der Waals surface area (Å²) in [7, 11) is 8.87. The van der Waals surface area contributed by atoms with Gasteiger partial charge in [0, 0.05) is 12.8 Å². The molecule has 36 heavy (non-hydrogen) atoms. The van der Waals surface area contributed by atoms with E-state index in [-0.39, 0.29) is 11.9 Å². The van der Waals surface area contributed by atoms with E-state index < -0.39 is 0 Å². The van der Waals surface area contributed by atoms with Crippen molar-refractivity contribution in [3.05, 3.63) is 0 Å². The van der Waals surface area contributed by atoms with Gasteiger partial charge in [0.2, 0.25) is 0 Å². The summed E-state index contributed by atoms with van der Waals surface area (Å²) in [6, 6.07) is 0. The first-order valence-corrected chi connectivity index (χ1v) is 15.1. The predicted molar refractivity (Wildman–Crippen MR) is 151 cm³/mol. The first kappa shape index (κ1) is 34.9. The second-order valence-corrected chi connectivity index (χ2v) is 11.9. The summed E-state index contributed by atoms with van der Waals surface area (Å²) < 4.78 is 12.7. The lowest BCUT2D eigenvalue weighted by molar-refractivity contribution is -0.890. The van der Waals surface area contributed by atoms with E-state index in [4.69, 9.17) is 9.47 Å². The predicted octanol–water partition coefficient (Wildman–Crippen LogP) is 6.51. The van der Waals surface area contributed by atoms with Gasteiger partial charge in [0.1, 0.15) is 26.3 Å². The van der Waals surface area contributed by atoms with Gasteiger partial charge in [-0.3, -0.25) is 9.59 Å². The molecule has 0 amide bonds. The number of esters is 2. The number of hydrogen-bond donors (Lipinski definition) is 0. The van der Waals surface area contributed by atoms with Crippen LogP contribution in [0, 0.1) is 0 Å². The minimum absolute atomic E-state index is 0.0634. The second-order valence-electron chi connectivity index (χ2n) is 11.9. The molecule has 0 radical (unpaired) electrons. The molecule has 0 aliphatic carbocycles. The maximum Gasteiger partial charge on any atom is 0.305 e. The minimum Gasteiger partial charge on any atom is -0.460 e. The van der Waals surface area contributed by atoms with Gasteiger partial charge in [-0.2, -0.15) is 0 Å². The van der Waals surface area contributed by atoms with Crippen molar-refractivity contribution in [1.82, 2.24) is 0 Å². The normalized spacial score (nSPS) is 12.1. The molecule has 0 spiro atoms. The van der Waals surface area contributed by atoms with Gasteiger partial charge in [-0.15, -0.1) is 0 Å². The van der Waals surface area contributed by atoms with Crippen molar-refractivity contribution in [2.45, 2.75) is 117 Å². The summed E-state index contributed by atoms with van der Waals surface area (Å²) in [5, 5.41) is 0. The fourth-order valence-electron chi connectivity index (χ4n) is 4.36. The molecule has 0 fully saturated rings. The van der Waals surface area contributed by atoms with Crippen LogP contribution in [-0.2, 0) is 19.1 Å². The van der Waals surface area contributed by atoms with E-state index in [1.807, 2.05) is 0 Å². The Kier molecular flexibility index (Phi) is 21.2. The lowest BCUT2D eigenvalue weighted by Gasteiger charge is -2.29. The second kappa shape index (κ2) is 21.9. The van der Waals surface area contributed by atoms with Gasteiger partial charge in [0.05, 0.1) is 41.3 Å². The minimum atomic E-state index is -0.0634. The standard InChI is InChI=1S/C30H62N2O4/c1-7-9-11-19-23-31(3,4)25-27-35-29(33)21-17-15-13-14-16-18-22-30(34)36-28-26-32(5,6)24-20-12-10-8-2/h7-28H2,1-6H3/q+2. The maximum absolute atomic E-state index is 12.0. The molecule has 0 rings (SSSR count). The number of ether oxygens (including phenoxy) is 2. The van der Waals surface area contributed by atoms with Gasteiger partial charge in [-0.1, -0.05) is 65.2 Å². The molecule has 0 aliphatic heterocycles. The van der Waals surface area contributed by atoms with E-state index in [1.54, 1.807) is 0 Å². The fourth-order valence-corrected chi connectivity index (χ4v) is 4.36. The first-order valence-electron chi connectivity index (χ1n) is 15.1. The molecule has 0 heterocycles.